The van der Waals surface area contributed by atoms with Crippen LogP contribution in [0.15, 0.2) is 54.6 Å². The summed E-state index contributed by atoms with van der Waals surface area (Å²) in [6.45, 7) is 7.12. The first-order chi connectivity index (χ1) is 16.5. The van der Waals surface area contributed by atoms with Crippen molar-refractivity contribution < 1.29 is 28.9 Å². The number of nitrogens with zero attached hydrogens (tertiary/aromatic N) is 2. The molecular weight excluding hydrogens is 453 g/mol. The van der Waals surface area contributed by atoms with E-state index in [9.17, 15) is 24.2 Å². The fraction of sp³-hybridized carbons (Fsp3) is 0.346. The molecule has 0 fully saturated rings. The van der Waals surface area contributed by atoms with E-state index in [1.54, 1.807) is 19.1 Å². The first kappa shape index (κ1) is 25.9. The lowest BCUT2D eigenvalue weighted by Crippen LogP contribution is -2.38. The van der Waals surface area contributed by atoms with Crippen LogP contribution in [0, 0.1) is 18.7 Å². The van der Waals surface area contributed by atoms with Crippen LogP contribution in [-0.2, 0) is 4.79 Å². The third-order valence-corrected chi connectivity index (χ3v) is 5.98. The van der Waals surface area contributed by atoms with E-state index < -0.39 is 29.3 Å². The second-order valence-electron chi connectivity index (χ2n) is 9.04. The van der Waals surface area contributed by atoms with E-state index in [1.807, 2.05) is 32.9 Å². The molecule has 1 amide bonds. The predicted octanol–water partition coefficient (Wildman–Crippen LogP) is 4.05. The van der Waals surface area contributed by atoms with Crippen LogP contribution in [0.3, 0.4) is 0 Å². The molecule has 0 aliphatic carbocycles. The van der Waals surface area contributed by atoms with Gasteiger partial charge in [-0.25, -0.2) is 9.07 Å². The molecule has 186 valence electrons. The number of carbonyl (C=O) groups excluding carboxylic acids is 1. The number of hydrogen-bond acceptors (Lipinski definition) is 5. The second-order valence-corrected chi connectivity index (χ2v) is 9.04. The number of benzene rings is 2. The van der Waals surface area contributed by atoms with Crippen molar-refractivity contribution >= 4 is 11.9 Å². The Morgan fingerprint density at radius 2 is 1.83 bits per heavy atom. The summed E-state index contributed by atoms with van der Waals surface area (Å²) < 4.78 is 20.6. The Balaban J connectivity index is 1.93. The van der Waals surface area contributed by atoms with Crippen LogP contribution < -0.4 is 10.1 Å². The Kier molecular flexibility index (Phi) is 7.91. The Labute approximate surface area is 203 Å². The third kappa shape index (κ3) is 6.45. The molecule has 0 aliphatic heterocycles. The number of halogens is 1. The topological polar surface area (TPSA) is 114 Å². The van der Waals surface area contributed by atoms with E-state index in [1.165, 1.54) is 35.0 Å². The summed E-state index contributed by atoms with van der Waals surface area (Å²) in [5.41, 5.74) is 0.821. The lowest BCUT2D eigenvalue weighted by Gasteiger charge is -2.27. The predicted molar refractivity (Wildman–Crippen MR) is 128 cm³/mol. The highest BCUT2D eigenvalue weighted by Gasteiger charge is 2.28. The maximum absolute atomic E-state index is 13.5. The number of carboxylic acid groups (broad SMARTS) is 1. The van der Waals surface area contributed by atoms with E-state index in [0.29, 0.717) is 11.3 Å². The Morgan fingerprint density at radius 1 is 1.17 bits per heavy atom. The zero-order valence-electron chi connectivity index (χ0n) is 20.2. The molecule has 8 nitrogen and oxygen atoms in total. The number of aromatic nitrogens is 2. The van der Waals surface area contributed by atoms with Gasteiger partial charge in [-0.15, -0.1) is 0 Å². The minimum Gasteiger partial charge on any atom is -0.481 e. The van der Waals surface area contributed by atoms with Crippen LogP contribution in [0.1, 0.15) is 54.8 Å². The van der Waals surface area contributed by atoms with E-state index in [-0.39, 0.29) is 30.5 Å². The first-order valence-corrected chi connectivity index (χ1v) is 11.3. The van der Waals surface area contributed by atoms with Crippen LogP contribution in [0.2, 0.25) is 0 Å². The van der Waals surface area contributed by atoms with Crippen molar-refractivity contribution in [3.05, 3.63) is 77.2 Å². The van der Waals surface area contributed by atoms with Crippen molar-refractivity contribution in [2.75, 3.05) is 6.61 Å². The maximum atomic E-state index is 13.5. The summed E-state index contributed by atoms with van der Waals surface area (Å²) in [6.07, 6.45) is -0.310. The summed E-state index contributed by atoms with van der Waals surface area (Å²) in [4.78, 5) is 24.6. The number of rotatable bonds is 10. The molecule has 3 N–H and O–H groups in total. The number of carbonyl (C=O) groups is 2. The van der Waals surface area contributed by atoms with Gasteiger partial charge in [-0.1, -0.05) is 38.1 Å². The Bertz CT molecular complexity index is 1190. The molecule has 9 heteroatoms. The molecule has 0 radical (unpaired) electrons. The van der Waals surface area contributed by atoms with Gasteiger partial charge >= 0.3 is 5.97 Å². The summed E-state index contributed by atoms with van der Waals surface area (Å²) in [5, 5.41) is 27.1. The van der Waals surface area contributed by atoms with Gasteiger partial charge in [0.05, 0.1) is 23.8 Å². The van der Waals surface area contributed by atoms with Crippen LogP contribution in [0.25, 0.3) is 5.69 Å². The number of aryl methyl sites for hydroxylation is 1. The number of ether oxygens (including phenoxy) is 1. The van der Waals surface area contributed by atoms with E-state index in [4.69, 9.17) is 4.74 Å². The van der Waals surface area contributed by atoms with Gasteiger partial charge in [0.15, 0.2) is 5.69 Å². The van der Waals surface area contributed by atoms with E-state index >= 15 is 0 Å². The Hall–Kier alpha value is -3.72. The molecule has 3 rings (SSSR count). The monoisotopic (exact) mass is 483 g/mol. The lowest BCUT2D eigenvalue weighted by atomic mass is 9.94. The third-order valence-electron chi connectivity index (χ3n) is 5.98. The van der Waals surface area contributed by atoms with Crippen molar-refractivity contribution in [1.29, 1.82) is 0 Å². The van der Waals surface area contributed by atoms with Crippen LogP contribution in [-0.4, -0.2) is 44.1 Å². The molecule has 0 unspecified atom stereocenters. The van der Waals surface area contributed by atoms with Gasteiger partial charge in [-0.3, -0.25) is 9.59 Å². The van der Waals surface area contributed by atoms with Gasteiger partial charge < -0.3 is 20.3 Å². The van der Waals surface area contributed by atoms with Gasteiger partial charge in [0.2, 0.25) is 5.88 Å². The quantitative estimate of drug-likeness (QED) is 0.401. The first-order valence-electron chi connectivity index (χ1n) is 11.3. The molecular formula is C26H30FN3O5. The molecule has 1 aromatic heterocycles. The largest absolute Gasteiger partial charge is 0.481 e. The van der Waals surface area contributed by atoms with Crippen molar-refractivity contribution in [3.8, 4) is 11.6 Å². The molecule has 0 spiro atoms. The zero-order valence-corrected chi connectivity index (χ0v) is 20.2. The number of hydrogen-bond donors (Lipinski definition) is 3. The number of carboxylic acids is 1. The molecule has 0 saturated heterocycles. The highest BCUT2D eigenvalue weighted by molar-refractivity contribution is 5.93. The van der Waals surface area contributed by atoms with Gasteiger partial charge in [0.25, 0.3) is 5.91 Å². The van der Waals surface area contributed by atoms with Crippen molar-refractivity contribution in [1.82, 2.24) is 15.1 Å². The van der Waals surface area contributed by atoms with Crippen LogP contribution in [0.4, 0.5) is 4.39 Å². The van der Waals surface area contributed by atoms with Crippen LogP contribution in [0.5, 0.6) is 5.88 Å². The van der Waals surface area contributed by atoms with Crippen molar-refractivity contribution in [2.45, 2.75) is 45.8 Å². The fourth-order valence-electron chi connectivity index (χ4n) is 3.36. The molecule has 2 atom stereocenters. The standard InChI is InChI=1S/C26H30FN3O5/c1-16(2)26(4,34)15-35-23-13-22(29-30(23)19-11-9-18(27)10-12-19)25(33)28-21(14-24(31)32)20-8-6-5-7-17(20)3/h5-13,16,21,34H,14-15H2,1-4H3,(H,28,33)(H,31,32)/t21-,26-/m0/s1. The molecule has 1 heterocycles. The molecule has 0 aliphatic rings. The number of amides is 1. The molecule has 0 saturated carbocycles. The fourth-order valence-corrected chi connectivity index (χ4v) is 3.36. The summed E-state index contributed by atoms with van der Waals surface area (Å²) in [7, 11) is 0. The second kappa shape index (κ2) is 10.7. The molecule has 0 bridgehead atoms. The lowest BCUT2D eigenvalue weighted by molar-refractivity contribution is -0.137. The molecule has 3 aromatic rings. The van der Waals surface area contributed by atoms with Gasteiger partial charge in [-0.2, -0.15) is 5.10 Å². The number of nitrogens with one attached hydrogen (secondary N) is 1. The highest BCUT2D eigenvalue weighted by Crippen LogP contribution is 2.25. The minimum absolute atomic E-state index is 0.0162. The normalized spacial score (nSPS) is 13.8. The molecule has 35 heavy (non-hydrogen) atoms. The van der Waals surface area contributed by atoms with Gasteiger partial charge in [0.1, 0.15) is 12.4 Å². The summed E-state index contributed by atoms with van der Waals surface area (Å²) >= 11 is 0. The average Bonchev–Trinajstić information content (AvgIpc) is 3.22. The zero-order chi connectivity index (χ0) is 25.8. The van der Waals surface area contributed by atoms with E-state index in [2.05, 4.69) is 10.4 Å². The van der Waals surface area contributed by atoms with Crippen molar-refractivity contribution in [2.24, 2.45) is 5.92 Å². The van der Waals surface area contributed by atoms with Crippen LogP contribution >= 0.6 is 0 Å². The average molecular weight is 484 g/mol. The Morgan fingerprint density at radius 3 is 2.43 bits per heavy atom. The SMILES string of the molecule is Cc1ccccc1[C@H](CC(=O)O)NC(=O)c1cc(OC[C@](C)(O)C(C)C)n(-c2ccc(F)cc2)n1. The van der Waals surface area contributed by atoms with E-state index in [0.717, 1.165) is 5.56 Å². The highest BCUT2D eigenvalue weighted by atomic mass is 19.1. The summed E-state index contributed by atoms with van der Waals surface area (Å²) in [6, 6.07) is 13.3. The van der Waals surface area contributed by atoms with Gasteiger partial charge in [0, 0.05) is 6.07 Å². The number of aliphatic carboxylic acids is 1. The minimum atomic E-state index is -1.14. The van der Waals surface area contributed by atoms with Crippen molar-refractivity contribution in [3.63, 3.8) is 0 Å². The molecule has 2 aromatic carbocycles. The number of aliphatic hydroxyl groups is 1. The maximum Gasteiger partial charge on any atom is 0.305 e. The summed E-state index contributed by atoms with van der Waals surface area (Å²) in [5.74, 6) is -2.01. The smallest absolute Gasteiger partial charge is 0.305 e. The van der Waals surface area contributed by atoms with Gasteiger partial charge in [-0.05, 0) is 55.2 Å².